The van der Waals surface area contributed by atoms with Crippen LogP contribution in [0, 0.1) is 0 Å². The number of thioether (sulfide) groups is 2. The molecule has 220 valence electrons. The maximum absolute atomic E-state index is 12.8. The van der Waals surface area contributed by atoms with Crippen LogP contribution in [0.2, 0.25) is 0 Å². The van der Waals surface area contributed by atoms with E-state index in [-0.39, 0.29) is 43.0 Å². The number of aryl methyl sites for hydroxylation is 1. The van der Waals surface area contributed by atoms with Crippen LogP contribution < -0.4 is 10.6 Å². The molecule has 0 aliphatic carbocycles. The van der Waals surface area contributed by atoms with E-state index in [4.69, 9.17) is 0 Å². The van der Waals surface area contributed by atoms with Crippen molar-refractivity contribution in [2.75, 3.05) is 11.5 Å². The number of amides is 3. The zero-order chi connectivity index (χ0) is 29.2. The number of unbranched alkanes of at least 4 members (excludes halogenated alkanes) is 4. The number of carboxylic acids is 2. The monoisotopic (exact) mass is 597 g/mol. The first-order chi connectivity index (χ1) is 19.1. The van der Waals surface area contributed by atoms with E-state index in [0.29, 0.717) is 22.9 Å². The number of nitrogens with zero attached hydrogens (tertiary/aromatic N) is 5. The lowest BCUT2D eigenvalue weighted by molar-refractivity contribution is -0.150. The van der Waals surface area contributed by atoms with Crippen molar-refractivity contribution >= 4 is 53.2 Å². The summed E-state index contributed by atoms with van der Waals surface area (Å²) in [6.07, 6.45) is 5.35. The number of carbonyl (C=O) groups is 5. The van der Waals surface area contributed by atoms with Gasteiger partial charge in [0.25, 0.3) is 5.91 Å². The molecule has 3 heterocycles. The lowest BCUT2D eigenvalue weighted by atomic mass is 10.0. The Bertz CT molecular complexity index is 1140. The zero-order valence-corrected chi connectivity index (χ0v) is 24.1. The van der Waals surface area contributed by atoms with Gasteiger partial charge in [-0.1, -0.05) is 44.4 Å². The van der Waals surface area contributed by atoms with E-state index in [0.717, 1.165) is 25.7 Å². The van der Waals surface area contributed by atoms with Gasteiger partial charge < -0.3 is 20.8 Å². The van der Waals surface area contributed by atoms with Crippen molar-refractivity contribution in [3.05, 3.63) is 11.3 Å². The van der Waals surface area contributed by atoms with Crippen LogP contribution in [-0.2, 0) is 31.0 Å². The van der Waals surface area contributed by atoms with Crippen LogP contribution in [0.5, 0.6) is 0 Å². The van der Waals surface area contributed by atoms with Gasteiger partial charge in [0.05, 0.1) is 0 Å². The van der Waals surface area contributed by atoms with E-state index in [2.05, 4.69) is 33.1 Å². The topological polar surface area (TPSA) is 197 Å². The molecule has 16 heteroatoms. The fourth-order valence-electron chi connectivity index (χ4n) is 4.41. The summed E-state index contributed by atoms with van der Waals surface area (Å²) >= 11 is 2.62. The first kappa shape index (κ1) is 31.4. The van der Waals surface area contributed by atoms with E-state index < -0.39 is 41.2 Å². The molecule has 0 saturated carbocycles. The van der Waals surface area contributed by atoms with E-state index >= 15 is 0 Å². The molecule has 4 N–H and O–H groups in total. The lowest BCUT2D eigenvalue weighted by Crippen LogP contribution is -2.70. The fraction of sp³-hybridized carbons (Fsp3) is 0.667. The third-order valence-electron chi connectivity index (χ3n) is 6.56. The first-order valence-electron chi connectivity index (χ1n) is 13.2. The zero-order valence-electron chi connectivity index (χ0n) is 22.5. The molecule has 3 amide bonds. The van der Waals surface area contributed by atoms with Gasteiger partial charge in [0.2, 0.25) is 17.0 Å². The van der Waals surface area contributed by atoms with Crippen LogP contribution >= 0.6 is 23.5 Å². The van der Waals surface area contributed by atoms with Crippen molar-refractivity contribution in [2.24, 2.45) is 7.05 Å². The van der Waals surface area contributed by atoms with Crippen molar-refractivity contribution in [3.8, 4) is 0 Å². The minimum Gasteiger partial charge on any atom is -0.480 e. The minimum atomic E-state index is -1.22. The lowest BCUT2D eigenvalue weighted by Gasteiger charge is -2.49. The van der Waals surface area contributed by atoms with E-state index in [1.165, 1.54) is 33.1 Å². The van der Waals surface area contributed by atoms with Crippen LogP contribution in [0.1, 0.15) is 64.7 Å². The number of hydrogen-bond acceptors (Lipinski definition) is 10. The number of β-lactam (4-membered cyclic amide) rings is 1. The van der Waals surface area contributed by atoms with E-state index in [9.17, 15) is 34.2 Å². The van der Waals surface area contributed by atoms with Gasteiger partial charge in [0.15, 0.2) is 0 Å². The summed E-state index contributed by atoms with van der Waals surface area (Å²) < 4.78 is 1.47. The van der Waals surface area contributed by atoms with Crippen LogP contribution in [0.15, 0.2) is 16.4 Å². The van der Waals surface area contributed by atoms with Gasteiger partial charge in [0, 0.05) is 31.4 Å². The average Bonchev–Trinajstić information content (AvgIpc) is 3.33. The summed E-state index contributed by atoms with van der Waals surface area (Å²) in [4.78, 5) is 62.3. The quantitative estimate of drug-likeness (QED) is 0.114. The molecule has 0 bridgehead atoms. The molecule has 0 radical (unpaired) electrons. The maximum atomic E-state index is 12.8. The predicted octanol–water partition coefficient (Wildman–Crippen LogP) is 1.14. The second-order valence-corrected chi connectivity index (χ2v) is 11.6. The van der Waals surface area contributed by atoms with Gasteiger partial charge in [-0.15, -0.1) is 16.9 Å². The predicted molar refractivity (Wildman–Crippen MR) is 146 cm³/mol. The van der Waals surface area contributed by atoms with Crippen LogP contribution in [0.25, 0.3) is 0 Å². The van der Waals surface area contributed by atoms with Crippen LogP contribution in [-0.4, -0.2) is 93.9 Å². The Morgan fingerprint density at radius 3 is 2.48 bits per heavy atom. The third kappa shape index (κ3) is 8.19. The molecular weight excluding hydrogens is 562 g/mol. The molecule has 1 aromatic heterocycles. The Morgan fingerprint density at radius 1 is 1.10 bits per heavy atom. The molecule has 2 aliphatic heterocycles. The number of carboxylic acid groups (broad SMARTS) is 2. The summed E-state index contributed by atoms with van der Waals surface area (Å²) in [5.74, 6) is -3.02. The largest absolute Gasteiger partial charge is 0.480 e. The normalized spacial score (nSPS) is 19.1. The molecule has 3 atom stereocenters. The Kier molecular flexibility index (Phi) is 11.8. The SMILES string of the molecule is CCCCCCCC(=O)N[C@H](CCCC(=O)NC1C(=O)N2C(C(=O)O)=C(CSc3nnnn3C)CS[C@H]12)C(=O)O. The molecule has 2 aliphatic rings. The van der Waals surface area contributed by atoms with Crippen molar-refractivity contribution in [2.45, 2.75) is 87.3 Å². The Labute approximate surface area is 240 Å². The van der Waals surface area contributed by atoms with E-state index in [1.54, 1.807) is 7.05 Å². The van der Waals surface area contributed by atoms with Gasteiger partial charge in [-0.05, 0) is 35.3 Å². The van der Waals surface area contributed by atoms with Gasteiger partial charge in [-0.3, -0.25) is 19.3 Å². The Morgan fingerprint density at radius 2 is 1.82 bits per heavy atom. The van der Waals surface area contributed by atoms with Crippen molar-refractivity contribution in [1.29, 1.82) is 0 Å². The van der Waals surface area contributed by atoms with Gasteiger partial charge in [0.1, 0.15) is 23.2 Å². The second kappa shape index (κ2) is 15.0. The molecule has 1 fully saturated rings. The molecule has 1 saturated heterocycles. The maximum Gasteiger partial charge on any atom is 0.352 e. The van der Waals surface area contributed by atoms with E-state index in [1.807, 2.05) is 0 Å². The van der Waals surface area contributed by atoms with Crippen molar-refractivity contribution < 1.29 is 34.2 Å². The molecule has 14 nitrogen and oxygen atoms in total. The highest BCUT2D eigenvalue weighted by atomic mass is 32.2. The minimum absolute atomic E-state index is 0.0346. The standard InChI is InChI=1S/C24H35N7O7S2/c1-3-4-5-6-7-10-16(32)25-15(22(35)36)9-8-11-17(33)26-18-20(34)31-19(23(37)38)14(12-39-21(18)31)13-40-24-27-28-29-30(24)2/h15,18,21H,3-13H2,1-2H3,(H,25,32)(H,26,33)(H,35,36)(H,37,38)/t15-,18?,21-/m1/s1. The molecule has 40 heavy (non-hydrogen) atoms. The number of hydrogen-bond donors (Lipinski definition) is 4. The number of rotatable bonds is 17. The molecule has 1 aromatic rings. The Balaban J connectivity index is 1.46. The summed E-state index contributed by atoms with van der Waals surface area (Å²) in [5.41, 5.74) is 0.467. The van der Waals surface area contributed by atoms with Gasteiger partial charge >= 0.3 is 11.9 Å². The molecule has 0 aromatic carbocycles. The highest BCUT2D eigenvalue weighted by molar-refractivity contribution is 8.01. The number of nitrogens with one attached hydrogen (secondary N) is 2. The summed E-state index contributed by atoms with van der Waals surface area (Å²) in [6.45, 7) is 2.10. The second-order valence-electron chi connectivity index (χ2n) is 9.60. The van der Waals surface area contributed by atoms with Crippen molar-refractivity contribution in [3.63, 3.8) is 0 Å². The highest BCUT2D eigenvalue weighted by Crippen LogP contribution is 2.41. The first-order valence-corrected chi connectivity index (χ1v) is 15.2. The highest BCUT2D eigenvalue weighted by Gasteiger charge is 2.54. The summed E-state index contributed by atoms with van der Waals surface area (Å²) in [5, 5.41) is 35.5. The van der Waals surface area contributed by atoms with Gasteiger partial charge in [-0.25, -0.2) is 14.3 Å². The number of tetrazole rings is 1. The molecule has 3 rings (SSSR count). The number of carbonyl (C=O) groups excluding carboxylic acids is 3. The third-order valence-corrected chi connectivity index (χ3v) is 9.00. The molecule has 0 spiro atoms. The smallest absolute Gasteiger partial charge is 0.352 e. The summed E-state index contributed by atoms with van der Waals surface area (Å²) in [6, 6.07) is -1.96. The average molecular weight is 598 g/mol. The number of aromatic nitrogens is 4. The molecular formula is C24H35N7O7S2. The number of aliphatic carboxylic acids is 2. The summed E-state index contributed by atoms with van der Waals surface area (Å²) in [7, 11) is 1.67. The number of fused-ring (bicyclic) bond motifs is 1. The Hall–Kier alpha value is -3.14. The fourth-order valence-corrected chi connectivity index (χ4v) is 6.75. The molecule has 1 unspecified atom stereocenters. The van der Waals surface area contributed by atoms with Crippen LogP contribution in [0.4, 0.5) is 0 Å². The van der Waals surface area contributed by atoms with Crippen molar-refractivity contribution in [1.82, 2.24) is 35.7 Å². The van der Waals surface area contributed by atoms with Crippen LogP contribution in [0.3, 0.4) is 0 Å². The van der Waals surface area contributed by atoms with Gasteiger partial charge in [-0.2, -0.15) is 0 Å².